The number of amides is 1. The van der Waals surface area contributed by atoms with Crippen molar-refractivity contribution in [1.82, 2.24) is 0 Å². The molecule has 1 amide bonds. The van der Waals surface area contributed by atoms with Crippen LogP contribution in [0.2, 0.25) is 20.1 Å². The summed E-state index contributed by atoms with van der Waals surface area (Å²) in [6.07, 6.45) is 1.37. The molecule has 0 bridgehead atoms. The fourth-order valence-corrected chi connectivity index (χ4v) is 3.80. The molecule has 0 aliphatic rings. The first kappa shape index (κ1) is 24.8. The van der Waals surface area contributed by atoms with E-state index in [9.17, 15) is 10.1 Å². The summed E-state index contributed by atoms with van der Waals surface area (Å²) in [7, 11) is 1.46. The van der Waals surface area contributed by atoms with E-state index in [4.69, 9.17) is 55.9 Å². The molecular formula is C24H16Cl4N2O3. The lowest BCUT2D eigenvalue weighted by atomic mass is 10.1. The van der Waals surface area contributed by atoms with Crippen molar-refractivity contribution in [1.29, 1.82) is 5.26 Å². The average molecular weight is 522 g/mol. The molecule has 0 atom stereocenters. The predicted molar refractivity (Wildman–Crippen MR) is 132 cm³/mol. The van der Waals surface area contributed by atoms with E-state index >= 15 is 0 Å². The minimum atomic E-state index is -0.679. The lowest BCUT2D eigenvalue weighted by molar-refractivity contribution is -0.112. The molecule has 0 saturated heterocycles. The second kappa shape index (κ2) is 11.3. The number of carbonyl (C=O) groups excluding carboxylic acids is 1. The molecule has 33 heavy (non-hydrogen) atoms. The van der Waals surface area contributed by atoms with Gasteiger partial charge in [0.15, 0.2) is 11.5 Å². The number of carbonyl (C=O) groups is 1. The topological polar surface area (TPSA) is 71.3 Å². The standard InChI is InChI=1S/C24H16Cl4N2O3/c1-32-21-11-14(10-20(28)23(21)33-13-15-5-2-3-6-17(15)25)9-16(12-29)24(31)30-22-18(26)7-4-8-19(22)27/h2-11H,13H2,1H3,(H,30,31)/b16-9+. The largest absolute Gasteiger partial charge is 0.493 e. The van der Waals surface area contributed by atoms with Crippen LogP contribution in [-0.2, 0) is 11.4 Å². The zero-order valence-corrected chi connectivity index (χ0v) is 20.2. The van der Waals surface area contributed by atoms with Crippen LogP contribution >= 0.6 is 46.4 Å². The van der Waals surface area contributed by atoms with Gasteiger partial charge in [0.2, 0.25) is 0 Å². The fourth-order valence-electron chi connectivity index (χ4n) is 2.84. The van der Waals surface area contributed by atoms with Crippen LogP contribution < -0.4 is 14.8 Å². The molecule has 0 radical (unpaired) electrons. The van der Waals surface area contributed by atoms with Gasteiger partial charge in [-0.05, 0) is 42.0 Å². The Morgan fingerprint density at radius 2 is 1.67 bits per heavy atom. The third-order valence-corrected chi connectivity index (χ3v) is 5.74. The molecule has 0 unspecified atom stereocenters. The van der Waals surface area contributed by atoms with E-state index in [-0.39, 0.29) is 32.9 Å². The van der Waals surface area contributed by atoms with E-state index in [1.807, 2.05) is 24.3 Å². The molecular weight excluding hydrogens is 506 g/mol. The first-order chi connectivity index (χ1) is 15.8. The van der Waals surface area contributed by atoms with Crippen LogP contribution in [0, 0.1) is 11.3 Å². The van der Waals surface area contributed by atoms with Gasteiger partial charge in [-0.25, -0.2) is 0 Å². The second-order valence-corrected chi connectivity index (χ2v) is 8.26. The van der Waals surface area contributed by atoms with E-state index in [1.54, 1.807) is 36.4 Å². The van der Waals surface area contributed by atoms with Crippen LogP contribution in [0.4, 0.5) is 5.69 Å². The third-order valence-electron chi connectivity index (χ3n) is 4.46. The predicted octanol–water partition coefficient (Wildman–Crippen LogP) is 7.43. The van der Waals surface area contributed by atoms with E-state index in [2.05, 4.69) is 5.32 Å². The number of benzene rings is 3. The van der Waals surface area contributed by atoms with Crippen molar-refractivity contribution in [3.05, 3.63) is 91.4 Å². The van der Waals surface area contributed by atoms with Crippen molar-refractivity contribution in [2.45, 2.75) is 6.61 Å². The Morgan fingerprint density at radius 1 is 1.00 bits per heavy atom. The molecule has 0 aromatic heterocycles. The van der Waals surface area contributed by atoms with Crippen LogP contribution in [0.1, 0.15) is 11.1 Å². The first-order valence-corrected chi connectivity index (χ1v) is 11.0. The summed E-state index contributed by atoms with van der Waals surface area (Å²) in [6, 6.07) is 17.1. The van der Waals surface area contributed by atoms with Crippen LogP contribution in [-0.4, -0.2) is 13.0 Å². The minimum absolute atomic E-state index is 0.176. The Bertz CT molecular complexity index is 1250. The molecule has 5 nitrogen and oxygen atoms in total. The molecule has 0 saturated carbocycles. The molecule has 0 aliphatic heterocycles. The van der Waals surface area contributed by atoms with Crippen molar-refractivity contribution in [2.75, 3.05) is 12.4 Å². The number of halogens is 4. The highest BCUT2D eigenvalue weighted by Crippen LogP contribution is 2.38. The Morgan fingerprint density at radius 3 is 2.30 bits per heavy atom. The normalized spacial score (nSPS) is 11.0. The summed E-state index contributed by atoms with van der Waals surface area (Å²) in [6.45, 7) is 0.176. The van der Waals surface area contributed by atoms with Crippen molar-refractivity contribution in [3.8, 4) is 17.6 Å². The summed E-state index contributed by atoms with van der Waals surface area (Å²) < 4.78 is 11.2. The third kappa shape index (κ3) is 6.13. The quantitative estimate of drug-likeness (QED) is 0.259. The maximum atomic E-state index is 12.6. The summed E-state index contributed by atoms with van der Waals surface area (Å²) >= 11 is 24.8. The van der Waals surface area contributed by atoms with E-state index in [0.717, 1.165) is 5.56 Å². The smallest absolute Gasteiger partial charge is 0.266 e. The number of hydrogen-bond acceptors (Lipinski definition) is 4. The number of rotatable bonds is 7. The number of methoxy groups -OCH3 is 1. The van der Waals surface area contributed by atoms with Gasteiger partial charge in [0, 0.05) is 10.6 Å². The summed E-state index contributed by atoms with van der Waals surface area (Å²) in [5.74, 6) is -0.0451. The molecule has 3 aromatic carbocycles. The number of hydrogen-bond donors (Lipinski definition) is 1. The number of para-hydroxylation sites is 1. The van der Waals surface area contributed by atoms with Gasteiger partial charge in [0.25, 0.3) is 5.91 Å². The average Bonchev–Trinajstić information content (AvgIpc) is 2.79. The lowest BCUT2D eigenvalue weighted by Gasteiger charge is -2.14. The number of ether oxygens (including phenoxy) is 2. The zero-order valence-electron chi connectivity index (χ0n) is 17.2. The van der Waals surface area contributed by atoms with Gasteiger partial charge in [-0.2, -0.15) is 5.26 Å². The van der Waals surface area contributed by atoms with Gasteiger partial charge in [-0.15, -0.1) is 0 Å². The molecule has 0 spiro atoms. The molecule has 3 aromatic rings. The molecule has 0 fully saturated rings. The van der Waals surface area contributed by atoms with Crippen LogP contribution in [0.15, 0.2) is 60.2 Å². The van der Waals surface area contributed by atoms with Crippen molar-refractivity contribution >= 4 is 64.1 Å². The number of anilines is 1. The Hall–Kier alpha value is -2.88. The van der Waals surface area contributed by atoms with E-state index < -0.39 is 5.91 Å². The second-order valence-electron chi connectivity index (χ2n) is 6.63. The number of nitrogens with one attached hydrogen (secondary N) is 1. The first-order valence-electron chi connectivity index (χ1n) is 9.45. The SMILES string of the molecule is COc1cc(/C=C(\C#N)C(=O)Nc2c(Cl)cccc2Cl)cc(Cl)c1OCc1ccccc1Cl. The van der Waals surface area contributed by atoms with Gasteiger partial charge >= 0.3 is 0 Å². The minimum Gasteiger partial charge on any atom is -0.493 e. The van der Waals surface area contributed by atoms with Crippen molar-refractivity contribution in [3.63, 3.8) is 0 Å². The number of nitrogens with zero attached hydrogens (tertiary/aromatic N) is 1. The Kier molecular flexibility index (Phi) is 8.49. The molecule has 0 aliphatic carbocycles. The summed E-state index contributed by atoms with van der Waals surface area (Å²) in [5, 5.41) is 13.4. The van der Waals surface area contributed by atoms with Gasteiger partial charge in [-0.1, -0.05) is 70.7 Å². The van der Waals surface area contributed by atoms with Crippen molar-refractivity contribution < 1.29 is 14.3 Å². The van der Waals surface area contributed by atoms with Crippen LogP contribution in [0.3, 0.4) is 0 Å². The Labute approximate surface area is 211 Å². The van der Waals surface area contributed by atoms with Crippen LogP contribution in [0.25, 0.3) is 6.08 Å². The summed E-state index contributed by atoms with van der Waals surface area (Å²) in [4.78, 5) is 12.6. The molecule has 0 heterocycles. The molecule has 3 rings (SSSR count). The Balaban J connectivity index is 1.86. The summed E-state index contributed by atoms with van der Waals surface area (Å²) in [5.41, 5.74) is 1.27. The van der Waals surface area contributed by atoms with Gasteiger partial charge in [0.05, 0.1) is 27.9 Å². The van der Waals surface area contributed by atoms with Crippen molar-refractivity contribution in [2.24, 2.45) is 0 Å². The van der Waals surface area contributed by atoms with Gasteiger partial charge in [0.1, 0.15) is 18.2 Å². The maximum Gasteiger partial charge on any atom is 0.266 e. The molecule has 168 valence electrons. The van der Waals surface area contributed by atoms with Gasteiger partial charge < -0.3 is 14.8 Å². The highest BCUT2D eigenvalue weighted by Gasteiger charge is 2.16. The van der Waals surface area contributed by atoms with Crippen LogP contribution in [0.5, 0.6) is 11.5 Å². The fraction of sp³-hybridized carbons (Fsp3) is 0.0833. The molecule has 1 N–H and O–H groups in total. The lowest BCUT2D eigenvalue weighted by Crippen LogP contribution is -2.14. The van der Waals surface area contributed by atoms with E-state index in [0.29, 0.717) is 22.1 Å². The molecule has 9 heteroatoms. The van der Waals surface area contributed by atoms with Gasteiger partial charge in [-0.3, -0.25) is 4.79 Å². The monoisotopic (exact) mass is 520 g/mol. The van der Waals surface area contributed by atoms with E-state index in [1.165, 1.54) is 13.2 Å². The zero-order chi connectivity index (χ0) is 24.0. The highest BCUT2D eigenvalue weighted by molar-refractivity contribution is 6.40. The highest BCUT2D eigenvalue weighted by atomic mass is 35.5. The number of nitriles is 1. The maximum absolute atomic E-state index is 12.6.